The monoisotopic (exact) mass is 521 g/mol. The number of hydrogen-bond donors (Lipinski definition) is 0. The Morgan fingerprint density at radius 3 is 1.08 bits per heavy atom. The summed E-state index contributed by atoms with van der Waals surface area (Å²) in [6.07, 6.45) is 31.6. The van der Waals surface area contributed by atoms with Crippen LogP contribution in [0.15, 0.2) is 30.3 Å². The molecule has 36 heavy (non-hydrogen) atoms. The molecule has 2 heteroatoms. The maximum atomic E-state index is 2.53. The molecule has 0 aliphatic heterocycles. The van der Waals surface area contributed by atoms with Gasteiger partial charge in [0, 0.05) is 5.56 Å². The van der Waals surface area contributed by atoms with Crippen molar-refractivity contribution in [3.05, 3.63) is 35.9 Å². The zero-order chi connectivity index (χ0) is 25.3. The summed E-state index contributed by atoms with van der Waals surface area (Å²) >= 11 is 0. The van der Waals surface area contributed by atoms with E-state index in [-0.39, 0.29) is 12.4 Å². The highest BCUT2D eigenvalue weighted by Gasteiger charge is 2.21. The molecular weight excluding hydrogens is 458 g/mol. The lowest BCUT2D eigenvalue weighted by molar-refractivity contribution is -0.923. The van der Waals surface area contributed by atoms with Gasteiger partial charge in [0.25, 0.3) is 0 Å². The van der Waals surface area contributed by atoms with E-state index < -0.39 is 0 Å². The van der Waals surface area contributed by atoms with Gasteiger partial charge in [0.15, 0.2) is 0 Å². The van der Waals surface area contributed by atoms with Crippen LogP contribution < -0.4 is 12.4 Å². The van der Waals surface area contributed by atoms with E-state index in [0.717, 1.165) is 0 Å². The van der Waals surface area contributed by atoms with Crippen LogP contribution in [0.5, 0.6) is 0 Å². The van der Waals surface area contributed by atoms with Gasteiger partial charge in [-0.1, -0.05) is 160 Å². The third kappa shape index (κ3) is 21.5. The first-order valence-electron chi connectivity index (χ1n) is 16.1. The molecule has 0 heterocycles. The van der Waals surface area contributed by atoms with Gasteiger partial charge >= 0.3 is 0 Å². The Bertz CT molecular complexity index is 517. The van der Waals surface area contributed by atoms with E-state index in [1.807, 2.05) is 0 Å². The molecule has 0 fully saturated rings. The first kappa shape index (κ1) is 35.5. The third-order valence-electron chi connectivity index (χ3n) is 8.01. The fourth-order valence-corrected chi connectivity index (χ4v) is 5.61. The second-order valence-corrected chi connectivity index (χ2v) is 11.8. The van der Waals surface area contributed by atoms with Crippen molar-refractivity contribution in [1.82, 2.24) is 0 Å². The molecule has 0 aromatic heterocycles. The van der Waals surface area contributed by atoms with E-state index in [4.69, 9.17) is 0 Å². The molecule has 1 aromatic carbocycles. The summed E-state index contributed by atoms with van der Waals surface area (Å²) in [6, 6.07) is 11.2. The van der Waals surface area contributed by atoms with Crippen LogP contribution in [0.4, 0.5) is 0 Å². The number of halogens is 1. The van der Waals surface area contributed by atoms with Crippen molar-refractivity contribution < 1.29 is 16.9 Å². The van der Waals surface area contributed by atoms with E-state index in [0.29, 0.717) is 0 Å². The molecule has 0 radical (unpaired) electrons. The van der Waals surface area contributed by atoms with Gasteiger partial charge in [0.1, 0.15) is 6.54 Å². The molecule has 0 atom stereocenters. The molecule has 0 aliphatic carbocycles. The predicted octanol–water partition coefficient (Wildman–Crippen LogP) is 8.26. The Hall–Kier alpha value is -0.530. The minimum absolute atomic E-state index is 0. The van der Waals surface area contributed by atoms with Crippen LogP contribution in [0, 0.1) is 0 Å². The first-order valence-corrected chi connectivity index (χ1v) is 16.1. The summed E-state index contributed by atoms with van der Waals surface area (Å²) in [5, 5.41) is 0. The van der Waals surface area contributed by atoms with Crippen LogP contribution in [0.2, 0.25) is 0 Å². The van der Waals surface area contributed by atoms with Crippen molar-refractivity contribution >= 4 is 0 Å². The van der Waals surface area contributed by atoms with Gasteiger partial charge in [-0.3, -0.25) is 0 Å². The summed E-state index contributed by atoms with van der Waals surface area (Å²) in [4.78, 5) is 0. The Kier molecular flexibility index (Phi) is 25.7. The third-order valence-corrected chi connectivity index (χ3v) is 8.01. The van der Waals surface area contributed by atoms with Crippen LogP contribution in [-0.2, 0) is 6.54 Å². The fraction of sp³-hybridized carbons (Fsp3) is 0.824. The van der Waals surface area contributed by atoms with E-state index in [9.17, 15) is 0 Å². The molecule has 0 amide bonds. The topological polar surface area (TPSA) is 0 Å². The number of unbranched alkanes of at least 4 members (excludes halogenated alkanes) is 20. The molecule has 0 bridgehead atoms. The van der Waals surface area contributed by atoms with E-state index >= 15 is 0 Å². The molecule has 0 aliphatic rings. The Labute approximate surface area is 234 Å². The minimum Gasteiger partial charge on any atom is -1.00 e. The summed E-state index contributed by atoms with van der Waals surface area (Å²) in [5.74, 6) is 0. The highest BCUT2D eigenvalue weighted by molar-refractivity contribution is 5.13. The lowest BCUT2D eigenvalue weighted by Crippen LogP contribution is -3.00. The van der Waals surface area contributed by atoms with Gasteiger partial charge in [0.05, 0.1) is 20.1 Å². The standard InChI is InChI=1S/C34H64N.ClH/c1-4-6-8-10-12-14-16-18-20-22-27-31-35(3,33-34-29-25-24-26-30-34)32-28-23-21-19-17-15-13-11-9-7-5-2;/h24-26,29-30H,4-23,27-28,31-33H2,1-3H3;1H/q+1;/p-1. The number of nitrogens with zero attached hydrogens (tertiary/aromatic N) is 1. The highest BCUT2D eigenvalue weighted by atomic mass is 35.5. The van der Waals surface area contributed by atoms with Crippen molar-refractivity contribution in [3.63, 3.8) is 0 Å². The molecule has 1 nitrogen and oxygen atoms in total. The summed E-state index contributed by atoms with van der Waals surface area (Å²) in [6.45, 7) is 8.52. The van der Waals surface area contributed by atoms with Gasteiger partial charge in [-0.05, 0) is 25.7 Å². The van der Waals surface area contributed by atoms with Crippen LogP contribution >= 0.6 is 0 Å². The normalized spacial score (nSPS) is 11.5. The number of benzene rings is 1. The van der Waals surface area contributed by atoms with Crippen LogP contribution in [0.25, 0.3) is 0 Å². The lowest BCUT2D eigenvalue weighted by Gasteiger charge is -2.35. The molecule has 212 valence electrons. The Morgan fingerprint density at radius 1 is 0.444 bits per heavy atom. The van der Waals surface area contributed by atoms with Gasteiger partial charge in [-0.2, -0.15) is 0 Å². The van der Waals surface area contributed by atoms with Crippen molar-refractivity contribution in [2.45, 2.75) is 162 Å². The molecule has 0 spiro atoms. The number of hydrogen-bond acceptors (Lipinski definition) is 0. The quantitative estimate of drug-likeness (QED) is 0.0849. The van der Waals surface area contributed by atoms with E-state index in [2.05, 4.69) is 51.2 Å². The van der Waals surface area contributed by atoms with Crippen molar-refractivity contribution in [3.8, 4) is 0 Å². The first-order chi connectivity index (χ1) is 17.2. The number of quaternary nitrogens is 1. The SMILES string of the molecule is CCCCCCCCCCCCC[N+](C)(CCCCCCCCCCCCC)Cc1ccccc1.[Cl-]. The summed E-state index contributed by atoms with van der Waals surface area (Å²) < 4.78 is 1.23. The van der Waals surface area contributed by atoms with Crippen molar-refractivity contribution in [2.24, 2.45) is 0 Å². The maximum absolute atomic E-state index is 2.53. The fourth-order valence-electron chi connectivity index (χ4n) is 5.61. The van der Waals surface area contributed by atoms with Crippen molar-refractivity contribution in [2.75, 3.05) is 20.1 Å². The zero-order valence-corrected chi connectivity index (χ0v) is 25.6. The molecule has 0 saturated heterocycles. The average Bonchev–Trinajstić information content (AvgIpc) is 2.86. The molecule has 0 saturated carbocycles. The van der Waals surface area contributed by atoms with Gasteiger partial charge in [-0.15, -0.1) is 0 Å². The van der Waals surface area contributed by atoms with Crippen molar-refractivity contribution in [1.29, 1.82) is 0 Å². The molecular formula is C34H64ClN. The van der Waals surface area contributed by atoms with Crippen LogP contribution in [0.1, 0.15) is 161 Å². The number of rotatable bonds is 26. The molecule has 0 N–H and O–H groups in total. The summed E-state index contributed by atoms with van der Waals surface area (Å²) in [5.41, 5.74) is 1.51. The van der Waals surface area contributed by atoms with Gasteiger partial charge in [-0.25, -0.2) is 0 Å². The average molecular weight is 522 g/mol. The zero-order valence-electron chi connectivity index (χ0n) is 24.9. The van der Waals surface area contributed by atoms with Gasteiger partial charge < -0.3 is 16.9 Å². The molecule has 1 rings (SSSR count). The smallest absolute Gasteiger partial charge is 0.104 e. The predicted molar refractivity (Wildman–Crippen MR) is 159 cm³/mol. The summed E-state index contributed by atoms with van der Waals surface area (Å²) in [7, 11) is 2.53. The van der Waals surface area contributed by atoms with Crippen LogP contribution in [-0.4, -0.2) is 24.6 Å². The second kappa shape index (κ2) is 26.1. The lowest BCUT2D eigenvalue weighted by atomic mass is 10.0. The Balaban J connectivity index is 0.0000122. The minimum atomic E-state index is 0. The van der Waals surface area contributed by atoms with Crippen LogP contribution in [0.3, 0.4) is 0 Å². The Morgan fingerprint density at radius 2 is 0.750 bits per heavy atom. The second-order valence-electron chi connectivity index (χ2n) is 11.8. The highest BCUT2D eigenvalue weighted by Crippen LogP contribution is 2.18. The van der Waals surface area contributed by atoms with Gasteiger partial charge in [0.2, 0.25) is 0 Å². The van der Waals surface area contributed by atoms with E-state index in [1.54, 1.807) is 0 Å². The largest absolute Gasteiger partial charge is 1.00 e. The molecule has 1 aromatic rings. The molecule has 0 unspecified atom stereocenters. The van der Waals surface area contributed by atoms with E-state index in [1.165, 1.54) is 171 Å². The maximum Gasteiger partial charge on any atom is 0.104 e.